The van der Waals surface area contributed by atoms with Crippen LogP contribution in [0.4, 0.5) is 18.0 Å². The Balaban J connectivity index is 1.58. The third-order valence-electron chi connectivity index (χ3n) is 4.89. The summed E-state index contributed by atoms with van der Waals surface area (Å²) in [6.45, 7) is 5.47. The van der Waals surface area contributed by atoms with Crippen LogP contribution in [0.25, 0.3) is 16.8 Å². The van der Waals surface area contributed by atoms with Gasteiger partial charge in [-0.25, -0.2) is 9.78 Å². The quantitative estimate of drug-likeness (QED) is 0.589. The third kappa shape index (κ3) is 4.61. The summed E-state index contributed by atoms with van der Waals surface area (Å²) in [5.74, 6) is -0.635. The van der Waals surface area contributed by atoms with Gasteiger partial charge < -0.3 is 15.0 Å². The lowest BCUT2D eigenvalue weighted by molar-refractivity contribution is -0.136. The van der Waals surface area contributed by atoms with E-state index in [0.29, 0.717) is 5.56 Å². The maximum absolute atomic E-state index is 13.7. The molecule has 1 saturated heterocycles. The van der Waals surface area contributed by atoms with Crippen LogP contribution in [0.15, 0.2) is 24.7 Å². The van der Waals surface area contributed by atoms with Gasteiger partial charge in [-0.05, 0) is 26.8 Å². The Hall–Kier alpha value is -3.28. The molecule has 0 atom stereocenters. The number of halogens is 4. The maximum atomic E-state index is 13.7. The molecule has 0 bridgehead atoms. The summed E-state index contributed by atoms with van der Waals surface area (Å²) in [5, 5.41) is 8.69. The number of alkyl halides is 3. The summed E-state index contributed by atoms with van der Waals surface area (Å²) in [6.07, 6.45) is -1.17. The Bertz CT molecular complexity index is 1210. The summed E-state index contributed by atoms with van der Waals surface area (Å²) in [5.41, 5.74) is -1.87. The number of aromatic amines is 1. The lowest BCUT2D eigenvalue weighted by Crippen LogP contribution is -2.61. The zero-order chi connectivity index (χ0) is 24.1. The van der Waals surface area contributed by atoms with E-state index >= 15 is 0 Å². The molecule has 3 aromatic heterocycles. The van der Waals surface area contributed by atoms with Crippen molar-refractivity contribution in [2.75, 3.05) is 13.1 Å². The van der Waals surface area contributed by atoms with Crippen LogP contribution in [0.5, 0.6) is 0 Å². The number of carbonyl (C=O) groups is 2. The fraction of sp³-hybridized carbons (Fsp3) is 0.400. The first-order chi connectivity index (χ1) is 15.3. The van der Waals surface area contributed by atoms with Gasteiger partial charge in [0.15, 0.2) is 11.3 Å². The number of hydrogen-bond donors (Lipinski definition) is 2. The van der Waals surface area contributed by atoms with Crippen LogP contribution in [0.1, 0.15) is 36.8 Å². The van der Waals surface area contributed by atoms with Gasteiger partial charge in [0, 0.05) is 36.6 Å². The third-order valence-corrected chi connectivity index (χ3v) is 5.25. The molecular weight excluding hydrogens is 465 g/mol. The minimum atomic E-state index is -4.73. The first-order valence-corrected chi connectivity index (χ1v) is 10.3. The van der Waals surface area contributed by atoms with Gasteiger partial charge in [-0.3, -0.25) is 14.3 Å². The number of rotatable bonds is 3. The average molecular weight is 485 g/mol. The van der Waals surface area contributed by atoms with E-state index in [1.54, 1.807) is 20.8 Å². The van der Waals surface area contributed by atoms with Gasteiger partial charge in [-0.2, -0.15) is 18.3 Å². The SMILES string of the molecule is CC(C)(C)OC(=O)NC1CN(C(=O)c2nc3c(C(F)(F)F)cc(-c4cn[nH]c4)cn3c2Cl)C1. The molecule has 1 fully saturated rings. The van der Waals surface area contributed by atoms with Gasteiger partial charge in [-0.1, -0.05) is 11.6 Å². The lowest BCUT2D eigenvalue weighted by atomic mass is 10.1. The molecule has 4 heterocycles. The second-order valence-corrected chi connectivity index (χ2v) is 8.98. The standard InChI is InChI=1S/C20H20ClF3N6O3/c1-19(2,3)33-18(32)27-12-8-29(9-12)17(31)14-15(21)30-7-10(11-5-25-26-6-11)4-13(16(30)28-14)20(22,23)24/h4-7,12H,8-9H2,1-3H3,(H,25,26)(H,27,32). The number of H-pyrrole nitrogens is 1. The van der Waals surface area contributed by atoms with E-state index in [-0.39, 0.29) is 35.5 Å². The number of imidazole rings is 1. The molecule has 0 aliphatic carbocycles. The topological polar surface area (TPSA) is 105 Å². The Morgan fingerprint density at radius 3 is 2.52 bits per heavy atom. The first kappa shape index (κ1) is 22.9. The van der Waals surface area contributed by atoms with E-state index in [2.05, 4.69) is 20.5 Å². The number of alkyl carbamates (subject to hydrolysis) is 1. The predicted molar refractivity (Wildman–Crippen MR) is 112 cm³/mol. The predicted octanol–water partition coefficient (Wildman–Crippen LogP) is 3.75. The molecule has 0 aromatic carbocycles. The van der Waals surface area contributed by atoms with Crippen molar-refractivity contribution in [1.82, 2.24) is 29.8 Å². The lowest BCUT2D eigenvalue weighted by Gasteiger charge is -2.39. The van der Waals surface area contributed by atoms with Crippen molar-refractivity contribution >= 4 is 29.2 Å². The number of fused-ring (bicyclic) bond motifs is 1. The van der Waals surface area contributed by atoms with Crippen molar-refractivity contribution in [3.05, 3.63) is 41.1 Å². The molecule has 2 N–H and O–H groups in total. The van der Waals surface area contributed by atoms with E-state index in [1.165, 1.54) is 23.5 Å². The monoisotopic (exact) mass is 484 g/mol. The maximum Gasteiger partial charge on any atom is 0.420 e. The molecule has 1 aliphatic rings. The number of carbonyl (C=O) groups excluding carboxylic acids is 2. The molecule has 0 spiro atoms. The largest absolute Gasteiger partial charge is 0.444 e. The highest BCUT2D eigenvalue weighted by Crippen LogP contribution is 2.37. The number of pyridine rings is 1. The Kier molecular flexibility index (Phi) is 5.51. The van der Waals surface area contributed by atoms with Crippen LogP contribution in [0.3, 0.4) is 0 Å². The molecule has 0 unspecified atom stereocenters. The second-order valence-electron chi connectivity index (χ2n) is 8.63. The van der Waals surface area contributed by atoms with Gasteiger partial charge in [0.05, 0.1) is 17.8 Å². The van der Waals surface area contributed by atoms with Crippen molar-refractivity contribution in [2.24, 2.45) is 0 Å². The molecule has 176 valence electrons. The minimum Gasteiger partial charge on any atom is -0.444 e. The number of ether oxygens (including phenoxy) is 1. The molecule has 1 aliphatic heterocycles. The van der Waals surface area contributed by atoms with Gasteiger partial charge in [0.25, 0.3) is 5.91 Å². The summed E-state index contributed by atoms with van der Waals surface area (Å²) >= 11 is 6.30. The number of amides is 2. The summed E-state index contributed by atoms with van der Waals surface area (Å²) in [4.78, 5) is 30.0. The van der Waals surface area contributed by atoms with Crippen LogP contribution in [0.2, 0.25) is 5.15 Å². The van der Waals surface area contributed by atoms with Gasteiger partial charge in [-0.15, -0.1) is 0 Å². The van der Waals surface area contributed by atoms with Crippen LogP contribution < -0.4 is 5.32 Å². The van der Waals surface area contributed by atoms with E-state index in [4.69, 9.17) is 16.3 Å². The summed E-state index contributed by atoms with van der Waals surface area (Å²) in [7, 11) is 0. The van der Waals surface area contributed by atoms with Crippen molar-refractivity contribution in [3.63, 3.8) is 0 Å². The highest BCUT2D eigenvalue weighted by Gasteiger charge is 2.39. The molecule has 3 aromatic rings. The molecule has 33 heavy (non-hydrogen) atoms. The second kappa shape index (κ2) is 7.94. The first-order valence-electron chi connectivity index (χ1n) is 9.90. The van der Waals surface area contributed by atoms with E-state index < -0.39 is 35.0 Å². The zero-order valence-electron chi connectivity index (χ0n) is 17.8. The molecule has 13 heteroatoms. The molecular formula is C20H20ClF3N6O3. The summed E-state index contributed by atoms with van der Waals surface area (Å²) in [6, 6.07) is 0.584. The number of hydrogen-bond acceptors (Lipinski definition) is 5. The number of nitrogens with one attached hydrogen (secondary N) is 2. The van der Waals surface area contributed by atoms with Gasteiger partial charge in [0.2, 0.25) is 0 Å². The van der Waals surface area contributed by atoms with Gasteiger partial charge in [0.1, 0.15) is 10.8 Å². The molecule has 0 radical (unpaired) electrons. The summed E-state index contributed by atoms with van der Waals surface area (Å²) < 4.78 is 47.4. The zero-order valence-corrected chi connectivity index (χ0v) is 18.6. The van der Waals surface area contributed by atoms with Crippen LogP contribution in [0, 0.1) is 0 Å². The van der Waals surface area contributed by atoms with E-state index in [9.17, 15) is 22.8 Å². The average Bonchev–Trinajstić information content (AvgIpc) is 3.29. The molecule has 0 saturated carbocycles. The van der Waals surface area contributed by atoms with Crippen LogP contribution in [-0.2, 0) is 10.9 Å². The number of likely N-dealkylation sites (tertiary alicyclic amines) is 1. The van der Waals surface area contributed by atoms with Gasteiger partial charge >= 0.3 is 12.3 Å². The Labute approximate surface area is 190 Å². The van der Waals surface area contributed by atoms with Crippen LogP contribution in [-0.4, -0.2) is 61.2 Å². The molecule has 9 nitrogen and oxygen atoms in total. The fourth-order valence-corrected chi connectivity index (χ4v) is 3.64. The normalized spacial score (nSPS) is 14.9. The highest BCUT2D eigenvalue weighted by atomic mass is 35.5. The van der Waals surface area contributed by atoms with E-state index in [0.717, 1.165) is 10.5 Å². The van der Waals surface area contributed by atoms with Crippen molar-refractivity contribution in [1.29, 1.82) is 0 Å². The van der Waals surface area contributed by atoms with Crippen molar-refractivity contribution in [2.45, 2.75) is 38.6 Å². The smallest absolute Gasteiger partial charge is 0.420 e. The van der Waals surface area contributed by atoms with Crippen LogP contribution >= 0.6 is 11.6 Å². The van der Waals surface area contributed by atoms with Crippen molar-refractivity contribution < 1.29 is 27.5 Å². The van der Waals surface area contributed by atoms with E-state index in [1.807, 2.05) is 0 Å². The molecule has 4 rings (SSSR count). The highest BCUT2D eigenvalue weighted by molar-refractivity contribution is 6.33. The fourth-order valence-electron chi connectivity index (χ4n) is 3.39. The number of aromatic nitrogens is 4. The minimum absolute atomic E-state index is 0.147. The van der Waals surface area contributed by atoms with Crippen molar-refractivity contribution in [3.8, 4) is 11.1 Å². The Morgan fingerprint density at radius 1 is 1.24 bits per heavy atom. The Morgan fingerprint density at radius 2 is 1.94 bits per heavy atom. The number of nitrogens with zero attached hydrogens (tertiary/aromatic N) is 4. The molecule has 2 amide bonds.